The van der Waals surface area contributed by atoms with E-state index in [1.807, 2.05) is 19.0 Å². The first-order chi connectivity index (χ1) is 10.8. The van der Waals surface area contributed by atoms with Crippen molar-refractivity contribution >= 4 is 24.3 Å². The van der Waals surface area contributed by atoms with Crippen molar-refractivity contribution in [3.63, 3.8) is 0 Å². The molecule has 9 nitrogen and oxygen atoms in total. The molecule has 0 saturated carbocycles. The van der Waals surface area contributed by atoms with Gasteiger partial charge in [-0.15, -0.1) is 0 Å². The number of rotatable bonds is 10. The number of carbonyl (C=O) groups excluding carboxylic acids is 2. The third kappa shape index (κ3) is 16.0. The van der Waals surface area contributed by atoms with E-state index < -0.39 is 5.97 Å². The summed E-state index contributed by atoms with van der Waals surface area (Å²) in [6.07, 6.45) is 2.22. The molecule has 0 heterocycles. The predicted octanol–water partition coefficient (Wildman–Crippen LogP) is -0.485. The van der Waals surface area contributed by atoms with Crippen LogP contribution in [0.3, 0.4) is 0 Å². The van der Waals surface area contributed by atoms with Gasteiger partial charge in [0, 0.05) is 20.0 Å². The van der Waals surface area contributed by atoms with Crippen LogP contribution in [0, 0.1) is 0 Å². The largest absolute Gasteiger partial charge is 0.483 e. The van der Waals surface area contributed by atoms with Crippen LogP contribution in [0.15, 0.2) is 0 Å². The maximum Gasteiger partial charge on any atom is 0.305 e. The molecule has 0 aromatic heterocycles. The second kappa shape index (κ2) is 14.8. The van der Waals surface area contributed by atoms with Gasteiger partial charge in [-0.3, -0.25) is 24.1 Å². The molecule has 2 amide bonds. The molecule has 0 aliphatic heterocycles. The number of amides is 2. The van der Waals surface area contributed by atoms with Crippen molar-refractivity contribution in [1.29, 1.82) is 0 Å². The summed E-state index contributed by atoms with van der Waals surface area (Å²) in [5.41, 5.74) is 0. The molecular formula is C14H27N3O6. The Morgan fingerprint density at radius 2 is 1.70 bits per heavy atom. The molecule has 1 atom stereocenters. The van der Waals surface area contributed by atoms with E-state index in [1.54, 1.807) is 0 Å². The molecule has 0 radical (unpaired) electrons. The minimum absolute atomic E-state index is 0.0550. The number of carboxylic acid groups (broad SMARTS) is 2. The Morgan fingerprint density at radius 1 is 1.13 bits per heavy atom. The molecule has 134 valence electrons. The van der Waals surface area contributed by atoms with Crippen molar-refractivity contribution < 1.29 is 29.4 Å². The first kappa shape index (κ1) is 23.1. The minimum Gasteiger partial charge on any atom is -0.483 e. The zero-order valence-electron chi connectivity index (χ0n) is 13.9. The predicted molar refractivity (Wildman–Crippen MR) is 84.0 cm³/mol. The highest BCUT2D eigenvalue weighted by atomic mass is 16.4. The van der Waals surface area contributed by atoms with Gasteiger partial charge < -0.3 is 20.8 Å². The van der Waals surface area contributed by atoms with Gasteiger partial charge in [0.15, 0.2) is 0 Å². The third-order valence-electron chi connectivity index (χ3n) is 2.84. The van der Waals surface area contributed by atoms with Gasteiger partial charge in [-0.2, -0.15) is 0 Å². The van der Waals surface area contributed by atoms with Gasteiger partial charge in [0.05, 0.1) is 12.5 Å². The minimum atomic E-state index is -0.929. The second-order valence-electron chi connectivity index (χ2n) is 5.00. The Hall–Kier alpha value is -2.16. The van der Waals surface area contributed by atoms with E-state index in [4.69, 9.17) is 15.0 Å². The van der Waals surface area contributed by atoms with Crippen molar-refractivity contribution in [2.45, 2.75) is 38.6 Å². The van der Waals surface area contributed by atoms with E-state index >= 15 is 0 Å². The Bertz CT molecular complexity index is 374. The smallest absolute Gasteiger partial charge is 0.305 e. The number of nitrogens with one attached hydrogen (secondary N) is 2. The van der Waals surface area contributed by atoms with Crippen LogP contribution >= 0.6 is 0 Å². The quantitative estimate of drug-likeness (QED) is 0.240. The van der Waals surface area contributed by atoms with Crippen molar-refractivity contribution in [3.8, 4) is 0 Å². The average Bonchev–Trinajstić information content (AvgIpc) is 2.42. The Morgan fingerprint density at radius 3 is 2.13 bits per heavy atom. The van der Waals surface area contributed by atoms with Crippen LogP contribution in [0.5, 0.6) is 0 Å². The molecule has 9 heteroatoms. The highest BCUT2D eigenvalue weighted by molar-refractivity contribution is 5.82. The molecule has 4 N–H and O–H groups in total. The lowest BCUT2D eigenvalue weighted by molar-refractivity contribution is -0.137. The van der Waals surface area contributed by atoms with Crippen LogP contribution in [0.1, 0.15) is 32.6 Å². The highest BCUT2D eigenvalue weighted by Gasteiger charge is 2.19. The fraction of sp³-hybridized carbons (Fsp3) is 0.714. The van der Waals surface area contributed by atoms with Crippen molar-refractivity contribution in [2.24, 2.45) is 0 Å². The third-order valence-corrected chi connectivity index (χ3v) is 2.84. The van der Waals surface area contributed by atoms with Crippen molar-refractivity contribution in [2.75, 3.05) is 27.2 Å². The Labute approximate surface area is 136 Å². The van der Waals surface area contributed by atoms with E-state index in [2.05, 4.69) is 10.6 Å². The topological polar surface area (TPSA) is 136 Å². The summed E-state index contributed by atoms with van der Waals surface area (Å²) >= 11 is 0. The number of unbranched alkanes of at least 4 members (excludes halogenated alkanes) is 1. The summed E-state index contributed by atoms with van der Waals surface area (Å²) in [4.78, 5) is 43.2. The lowest BCUT2D eigenvalue weighted by Gasteiger charge is -2.23. The summed E-state index contributed by atoms with van der Waals surface area (Å²) in [5, 5.41) is 20.7. The number of carboxylic acids is 1. The summed E-state index contributed by atoms with van der Waals surface area (Å²) in [7, 11) is 3.63. The molecule has 1 unspecified atom stereocenters. The van der Waals surface area contributed by atoms with Gasteiger partial charge in [-0.05, 0) is 33.4 Å². The second-order valence-corrected chi connectivity index (χ2v) is 5.00. The molecule has 0 rings (SSSR count). The fourth-order valence-electron chi connectivity index (χ4n) is 1.76. The summed E-state index contributed by atoms with van der Waals surface area (Å²) in [6, 6.07) is -0.277. The molecule has 0 aliphatic carbocycles. The number of nitrogens with zero attached hydrogens (tertiary/aromatic N) is 1. The number of likely N-dealkylation sites (N-methyl/N-ethyl adjacent to an activating group) is 1. The van der Waals surface area contributed by atoms with Crippen LogP contribution in [0.25, 0.3) is 0 Å². The molecule has 0 bridgehead atoms. The van der Waals surface area contributed by atoms with Crippen molar-refractivity contribution in [1.82, 2.24) is 15.5 Å². The van der Waals surface area contributed by atoms with Gasteiger partial charge >= 0.3 is 5.97 Å². The Kier molecular flexibility index (Phi) is 14.8. The molecule has 0 fully saturated rings. The zero-order valence-corrected chi connectivity index (χ0v) is 13.9. The fourth-order valence-corrected chi connectivity index (χ4v) is 1.76. The van der Waals surface area contributed by atoms with Crippen LogP contribution in [0.2, 0.25) is 0 Å². The lowest BCUT2D eigenvalue weighted by Crippen LogP contribution is -2.44. The molecule has 0 aromatic rings. The Balaban J connectivity index is 0. The molecular weight excluding hydrogens is 308 g/mol. The SMILES string of the molecule is CC(=O)NCCCCC(C(=O)NCCC(=O)O)N([13CH3])[13CH3].O=CO. The highest BCUT2D eigenvalue weighted by Crippen LogP contribution is 2.06. The molecule has 0 aromatic carbocycles. The first-order valence-corrected chi connectivity index (χ1v) is 7.24. The molecule has 0 spiro atoms. The number of carbonyl (C=O) groups is 4. The number of aliphatic carboxylic acids is 1. The summed E-state index contributed by atoms with van der Waals surface area (Å²) < 4.78 is 0. The zero-order chi connectivity index (χ0) is 18.3. The molecule has 0 aliphatic rings. The van der Waals surface area contributed by atoms with Crippen LogP contribution in [0.4, 0.5) is 0 Å². The number of hydrogen-bond acceptors (Lipinski definition) is 5. The summed E-state index contributed by atoms with van der Waals surface area (Å²) in [6.45, 7) is 1.97. The van der Waals surface area contributed by atoms with E-state index in [0.717, 1.165) is 12.8 Å². The van der Waals surface area contributed by atoms with Gasteiger partial charge in [-0.25, -0.2) is 0 Å². The van der Waals surface area contributed by atoms with Gasteiger partial charge in [0.2, 0.25) is 11.8 Å². The summed E-state index contributed by atoms with van der Waals surface area (Å²) in [5.74, 6) is -1.14. The van der Waals surface area contributed by atoms with Gasteiger partial charge in [0.1, 0.15) is 0 Å². The molecule has 23 heavy (non-hydrogen) atoms. The van der Waals surface area contributed by atoms with Crippen LogP contribution in [-0.4, -0.2) is 72.6 Å². The van der Waals surface area contributed by atoms with E-state index in [1.165, 1.54) is 6.92 Å². The van der Waals surface area contributed by atoms with Gasteiger partial charge in [0.25, 0.3) is 6.47 Å². The van der Waals surface area contributed by atoms with Crippen LogP contribution in [-0.2, 0) is 19.2 Å². The molecule has 0 saturated heterocycles. The van der Waals surface area contributed by atoms with E-state index in [9.17, 15) is 14.4 Å². The maximum atomic E-state index is 11.9. The monoisotopic (exact) mass is 335 g/mol. The standard InChI is InChI=1S/C13H25N3O4.CH2O2/c1-10(17)14-8-5-4-6-11(16(2)3)13(20)15-9-7-12(18)19;2-1-3/h11H,4-9H2,1-3H3,(H,14,17)(H,15,20)(H,18,19);1H,(H,2,3)/i2+1,3+1;. The van der Waals surface area contributed by atoms with E-state index in [0.29, 0.717) is 13.0 Å². The number of hydrogen-bond donors (Lipinski definition) is 4. The van der Waals surface area contributed by atoms with Crippen molar-refractivity contribution in [3.05, 3.63) is 0 Å². The van der Waals surface area contributed by atoms with Crippen LogP contribution < -0.4 is 10.6 Å². The maximum absolute atomic E-state index is 11.9. The van der Waals surface area contributed by atoms with E-state index in [-0.39, 0.29) is 37.3 Å². The lowest BCUT2D eigenvalue weighted by atomic mass is 10.1. The normalized spacial score (nSPS) is 11.0. The van der Waals surface area contributed by atoms with Gasteiger partial charge in [-0.1, -0.05) is 0 Å². The first-order valence-electron chi connectivity index (χ1n) is 7.24. The average molecular weight is 335 g/mol.